The Morgan fingerprint density at radius 1 is 1.00 bits per heavy atom. The molecule has 0 aliphatic rings. The summed E-state index contributed by atoms with van der Waals surface area (Å²) < 4.78 is 8.17. The van der Waals surface area contributed by atoms with Crippen molar-refractivity contribution in [2.45, 2.75) is 0 Å². The summed E-state index contributed by atoms with van der Waals surface area (Å²) in [6.07, 6.45) is 0. The second-order valence-electron chi connectivity index (χ2n) is 0. The van der Waals surface area contributed by atoms with Gasteiger partial charge in [0.15, 0.2) is 0 Å². The molecular weight excluding hydrogens is 199 g/mol. The van der Waals surface area contributed by atoms with Gasteiger partial charge in [0.05, 0.1) is 0 Å². The molecule has 0 amide bonds. The first-order valence-electron chi connectivity index (χ1n) is 0.236. The maximum absolute atomic E-state index is 8.17. The molecule has 0 aromatic heterocycles. The fourth-order valence-electron chi connectivity index (χ4n) is 0. The van der Waals surface area contributed by atoms with Crippen LogP contribution in [0.1, 0.15) is 8.56 Å². The van der Waals surface area contributed by atoms with Crippen LogP contribution in [-0.4, -0.2) is 129 Å². The average Bonchev–Trinajstić information content (AvgIpc) is 1.00. The van der Waals surface area contributed by atoms with Gasteiger partial charge in [0, 0.05) is 0 Å². The quantitative estimate of drug-likeness (QED) is 0.486. The first kappa shape index (κ1) is 31.5. The summed E-state index contributed by atoms with van der Waals surface area (Å²) in [5, 5.41) is 0. The number of halogens is 1. The van der Waals surface area contributed by atoms with E-state index in [0.717, 1.165) is 0 Å². The predicted octanol–water partition coefficient (Wildman–Crippen LogP) is -0.545. The van der Waals surface area contributed by atoms with E-state index in [1.807, 2.05) is 0 Å². The summed E-state index contributed by atoms with van der Waals surface area (Å²) in [4.78, 5) is 0. The Kier molecular flexibility index (Phi) is 180. The molecule has 0 aromatic rings. The summed E-state index contributed by atoms with van der Waals surface area (Å²) in [7, 11) is 0. The van der Waals surface area contributed by atoms with Crippen molar-refractivity contribution in [3.8, 4) is 0 Å². The van der Waals surface area contributed by atoms with Crippen molar-refractivity contribution in [1.29, 1.82) is 0 Å². The minimum atomic E-state index is 0. The third-order valence-corrected chi connectivity index (χ3v) is 0. The third kappa shape index (κ3) is 23.8. The monoisotopic (exact) mass is 205 g/mol. The fraction of sp³-hybridized carbons (Fsp3) is 0. The molecule has 0 N–H and O–H groups in total. The molecule has 0 saturated heterocycles. The average molecular weight is 206 g/mol. The molecule has 0 aliphatic heterocycles. The molecule has 0 rings (SSSR count). The van der Waals surface area contributed by atoms with Crippen molar-refractivity contribution in [2.75, 3.05) is 0 Å². The van der Waals surface area contributed by atoms with E-state index in [-0.39, 0.29) is 134 Å². The summed E-state index contributed by atoms with van der Waals surface area (Å²) >= 11 is 1.17. The molecule has 0 fully saturated rings. The fourth-order valence-corrected chi connectivity index (χ4v) is 0. The van der Waals surface area contributed by atoms with E-state index in [1.165, 1.54) is 16.2 Å². The molecular formula is H7AlCa3ClO. The van der Waals surface area contributed by atoms with E-state index in [1.54, 1.807) is 0 Å². The second kappa shape index (κ2) is 34.3. The summed E-state index contributed by atoms with van der Waals surface area (Å²) in [5.41, 5.74) is 0. The maximum atomic E-state index is 8.17. The first-order chi connectivity index (χ1) is 1.00. The SMILES string of the molecule is Cl.[Ca+2].[Ca+2].[Ca+2].[H-].[H-].[H-].[H-].[H-].[H-].[O]=[Al]. The third-order valence-electron chi connectivity index (χ3n) is 0. The van der Waals surface area contributed by atoms with Crippen LogP contribution in [0.15, 0.2) is 0 Å². The Balaban J connectivity index is -0.000000000111. The van der Waals surface area contributed by atoms with Crippen LogP contribution < -0.4 is 0 Å². The van der Waals surface area contributed by atoms with Crippen LogP contribution in [0.3, 0.4) is 0 Å². The van der Waals surface area contributed by atoms with Gasteiger partial charge in [-0.2, -0.15) is 0 Å². The minimum absolute atomic E-state index is 0. The molecule has 0 bridgehead atoms. The molecule has 6 heavy (non-hydrogen) atoms. The van der Waals surface area contributed by atoms with Crippen LogP contribution in [0.25, 0.3) is 0 Å². The van der Waals surface area contributed by atoms with Crippen molar-refractivity contribution in [3.05, 3.63) is 0 Å². The Labute approximate surface area is 150 Å². The molecule has 0 heterocycles. The molecule has 0 unspecified atom stereocenters. The Morgan fingerprint density at radius 3 is 1.00 bits per heavy atom. The summed E-state index contributed by atoms with van der Waals surface area (Å²) in [6, 6.07) is 0. The van der Waals surface area contributed by atoms with E-state index in [2.05, 4.69) is 0 Å². The van der Waals surface area contributed by atoms with E-state index < -0.39 is 0 Å². The van der Waals surface area contributed by atoms with Crippen LogP contribution in [0.4, 0.5) is 0 Å². The molecule has 0 aliphatic carbocycles. The van der Waals surface area contributed by atoms with E-state index in [4.69, 9.17) is 3.80 Å². The molecule has 29 valence electrons. The topological polar surface area (TPSA) is 17.1 Å². The van der Waals surface area contributed by atoms with Crippen molar-refractivity contribution < 1.29 is 12.4 Å². The number of hydrogen-bond acceptors (Lipinski definition) is 1. The molecule has 0 atom stereocenters. The normalized spacial score (nSPS) is 0.500. The van der Waals surface area contributed by atoms with Gasteiger partial charge in [-0.3, -0.25) is 0 Å². The number of hydrogen-bond donors (Lipinski definition) is 0. The van der Waals surface area contributed by atoms with Crippen LogP contribution in [-0.2, 0) is 3.80 Å². The molecule has 0 aromatic carbocycles. The zero-order valence-corrected chi connectivity index (χ0v) is 12.1. The van der Waals surface area contributed by atoms with Gasteiger partial charge in [-0.1, -0.05) is 0 Å². The zero-order valence-electron chi connectivity index (χ0n) is 9.52. The van der Waals surface area contributed by atoms with Gasteiger partial charge in [-0.25, -0.2) is 0 Å². The van der Waals surface area contributed by atoms with Gasteiger partial charge in [-0.05, 0) is 0 Å². The van der Waals surface area contributed by atoms with Gasteiger partial charge >= 0.3 is 133 Å². The molecule has 6 heteroatoms. The Bertz CT molecular complexity index is 22.8. The summed E-state index contributed by atoms with van der Waals surface area (Å²) in [6.45, 7) is 0. The van der Waals surface area contributed by atoms with Gasteiger partial charge in [0.2, 0.25) is 0 Å². The van der Waals surface area contributed by atoms with Gasteiger partial charge in [-0.15, -0.1) is 12.4 Å². The first-order valence-corrected chi connectivity index (χ1v) is 0.707. The van der Waals surface area contributed by atoms with Crippen LogP contribution >= 0.6 is 12.4 Å². The predicted molar refractivity (Wildman–Crippen MR) is 37.6 cm³/mol. The van der Waals surface area contributed by atoms with Crippen LogP contribution in [0, 0.1) is 0 Å². The van der Waals surface area contributed by atoms with E-state index in [9.17, 15) is 0 Å². The van der Waals surface area contributed by atoms with Crippen LogP contribution in [0.2, 0.25) is 0 Å². The van der Waals surface area contributed by atoms with Gasteiger partial charge < -0.3 is 8.56 Å². The molecule has 0 spiro atoms. The Hall–Kier alpha value is 4.40. The van der Waals surface area contributed by atoms with Crippen molar-refractivity contribution >= 4 is 142 Å². The van der Waals surface area contributed by atoms with Gasteiger partial charge in [0.1, 0.15) is 0 Å². The Morgan fingerprint density at radius 2 is 1.00 bits per heavy atom. The molecule has 1 radical (unpaired) electrons. The molecule has 1 nitrogen and oxygen atoms in total. The standard InChI is InChI=1S/Al.3Ca.ClH.O.6H/h;;;;1H;;;;;;;/q;3*+2;;;6*-1. The van der Waals surface area contributed by atoms with E-state index in [0.29, 0.717) is 0 Å². The van der Waals surface area contributed by atoms with Crippen molar-refractivity contribution in [2.24, 2.45) is 0 Å². The zero-order chi connectivity index (χ0) is 2.00. The van der Waals surface area contributed by atoms with Crippen molar-refractivity contribution in [3.63, 3.8) is 0 Å². The van der Waals surface area contributed by atoms with E-state index >= 15 is 0 Å². The van der Waals surface area contributed by atoms with Crippen LogP contribution in [0.5, 0.6) is 0 Å². The number of rotatable bonds is 0. The summed E-state index contributed by atoms with van der Waals surface area (Å²) in [5.74, 6) is 0. The second-order valence-corrected chi connectivity index (χ2v) is 0. The van der Waals surface area contributed by atoms with Gasteiger partial charge in [0.25, 0.3) is 0 Å². The molecule has 0 saturated carbocycles. The van der Waals surface area contributed by atoms with Crippen molar-refractivity contribution in [1.82, 2.24) is 0 Å².